The van der Waals surface area contributed by atoms with Crippen LogP contribution in [0.4, 0.5) is 0 Å². The minimum absolute atomic E-state index is 0.182. The van der Waals surface area contributed by atoms with Crippen LogP contribution in [0.25, 0.3) is 0 Å². The van der Waals surface area contributed by atoms with Crippen LogP contribution in [0.5, 0.6) is 23.0 Å². The van der Waals surface area contributed by atoms with Gasteiger partial charge in [0.25, 0.3) is 0 Å². The van der Waals surface area contributed by atoms with Gasteiger partial charge in [0, 0.05) is 9.79 Å². The SMILES string of the molecule is O=C(O)c1ccc(Oc2ccc(Sc3ccc(Oc4ccc(C(=O)O)c(C(=O)O)c4)cc3)cc2)cc1C(=O)O. The lowest BCUT2D eigenvalue weighted by Crippen LogP contribution is -2.07. The standard InChI is InChI=1S/C28H18O10S/c29-25(30)21-11-5-17(13-23(21)27(33)34)37-15-1-7-19(8-2-15)39-20-9-3-16(4-10-20)38-18-6-12-22(26(31)32)24(14-18)28(35)36/h1-14H,(H,29,30)(H,31,32)(H,33,34)(H,35,36). The number of hydrogen-bond acceptors (Lipinski definition) is 7. The summed E-state index contributed by atoms with van der Waals surface area (Å²) < 4.78 is 11.3. The van der Waals surface area contributed by atoms with E-state index in [-0.39, 0.29) is 33.8 Å². The minimum atomic E-state index is -1.37. The molecule has 0 heterocycles. The van der Waals surface area contributed by atoms with Crippen LogP contribution in [-0.2, 0) is 0 Å². The molecule has 0 aliphatic rings. The van der Waals surface area contributed by atoms with Crippen molar-refractivity contribution in [1.82, 2.24) is 0 Å². The van der Waals surface area contributed by atoms with Crippen molar-refractivity contribution >= 4 is 35.6 Å². The molecule has 39 heavy (non-hydrogen) atoms. The Morgan fingerprint density at radius 1 is 0.436 bits per heavy atom. The quantitative estimate of drug-likeness (QED) is 0.178. The maximum atomic E-state index is 11.4. The Morgan fingerprint density at radius 2 is 0.744 bits per heavy atom. The zero-order valence-electron chi connectivity index (χ0n) is 19.7. The molecule has 4 N–H and O–H groups in total. The molecular formula is C28H18O10S. The average Bonchev–Trinajstić information content (AvgIpc) is 2.90. The Kier molecular flexibility index (Phi) is 7.82. The third-order valence-corrected chi connectivity index (χ3v) is 6.27. The molecule has 4 aromatic carbocycles. The molecule has 4 rings (SSSR count). The van der Waals surface area contributed by atoms with Crippen LogP contribution in [0.15, 0.2) is 94.7 Å². The maximum Gasteiger partial charge on any atom is 0.336 e. The van der Waals surface area contributed by atoms with Gasteiger partial charge in [-0.2, -0.15) is 0 Å². The Balaban J connectivity index is 1.40. The van der Waals surface area contributed by atoms with Crippen molar-refractivity contribution in [3.63, 3.8) is 0 Å². The van der Waals surface area contributed by atoms with Gasteiger partial charge in [-0.3, -0.25) is 0 Å². The molecule has 0 aromatic heterocycles. The van der Waals surface area contributed by atoms with Gasteiger partial charge in [0.1, 0.15) is 23.0 Å². The number of carboxylic acids is 4. The van der Waals surface area contributed by atoms with Crippen LogP contribution < -0.4 is 9.47 Å². The van der Waals surface area contributed by atoms with Gasteiger partial charge >= 0.3 is 23.9 Å². The van der Waals surface area contributed by atoms with E-state index in [4.69, 9.17) is 19.7 Å². The zero-order chi connectivity index (χ0) is 28.1. The molecule has 0 unspecified atom stereocenters. The average molecular weight is 547 g/mol. The van der Waals surface area contributed by atoms with E-state index < -0.39 is 23.9 Å². The highest BCUT2D eigenvalue weighted by molar-refractivity contribution is 7.99. The Morgan fingerprint density at radius 3 is 1.05 bits per heavy atom. The number of carbonyl (C=O) groups is 4. The van der Waals surface area contributed by atoms with Crippen LogP contribution >= 0.6 is 11.8 Å². The summed E-state index contributed by atoms with van der Waals surface area (Å²) in [5.41, 5.74) is -1.42. The number of carboxylic acid groups (broad SMARTS) is 4. The summed E-state index contributed by atoms with van der Waals surface area (Å²) in [6.07, 6.45) is 0. The predicted molar refractivity (Wildman–Crippen MR) is 138 cm³/mol. The van der Waals surface area contributed by atoms with E-state index in [1.54, 1.807) is 48.5 Å². The highest BCUT2D eigenvalue weighted by Crippen LogP contribution is 2.33. The van der Waals surface area contributed by atoms with Crippen LogP contribution in [0.2, 0.25) is 0 Å². The van der Waals surface area contributed by atoms with Crippen molar-refractivity contribution < 1.29 is 49.1 Å². The van der Waals surface area contributed by atoms with E-state index in [9.17, 15) is 29.4 Å². The molecule has 0 atom stereocenters. The molecule has 0 aliphatic heterocycles. The summed E-state index contributed by atoms with van der Waals surface area (Å²) in [6, 6.07) is 21.4. The molecule has 0 bridgehead atoms. The fourth-order valence-electron chi connectivity index (χ4n) is 3.46. The molecule has 0 amide bonds. The number of ether oxygens (including phenoxy) is 2. The van der Waals surface area contributed by atoms with E-state index in [1.165, 1.54) is 36.0 Å². The monoisotopic (exact) mass is 546 g/mol. The summed E-state index contributed by atoms with van der Waals surface area (Å²) >= 11 is 1.44. The normalized spacial score (nSPS) is 10.5. The van der Waals surface area contributed by atoms with Crippen LogP contribution in [0, 0.1) is 0 Å². The van der Waals surface area contributed by atoms with E-state index in [0.717, 1.165) is 21.9 Å². The molecule has 11 heteroatoms. The molecular weight excluding hydrogens is 528 g/mol. The van der Waals surface area contributed by atoms with Gasteiger partial charge in [-0.1, -0.05) is 11.8 Å². The second-order valence-corrected chi connectivity index (χ2v) is 9.03. The highest BCUT2D eigenvalue weighted by Gasteiger charge is 2.18. The third-order valence-electron chi connectivity index (χ3n) is 5.26. The molecule has 0 saturated carbocycles. The molecule has 196 valence electrons. The van der Waals surface area contributed by atoms with Gasteiger partial charge in [-0.25, -0.2) is 19.2 Å². The number of aromatic carboxylic acids is 4. The Hall–Kier alpha value is -5.29. The summed E-state index contributed by atoms with van der Waals surface area (Å²) in [7, 11) is 0. The zero-order valence-corrected chi connectivity index (χ0v) is 20.5. The van der Waals surface area contributed by atoms with Crippen molar-refractivity contribution in [3.05, 3.63) is 107 Å². The first kappa shape index (κ1) is 26.8. The fourth-order valence-corrected chi connectivity index (χ4v) is 4.28. The number of benzene rings is 4. The van der Waals surface area contributed by atoms with Crippen LogP contribution in [0.1, 0.15) is 41.4 Å². The number of rotatable bonds is 10. The first-order chi connectivity index (χ1) is 18.6. The van der Waals surface area contributed by atoms with Gasteiger partial charge in [0.15, 0.2) is 0 Å². The Bertz CT molecular complexity index is 1460. The van der Waals surface area contributed by atoms with Crippen molar-refractivity contribution in [3.8, 4) is 23.0 Å². The second kappa shape index (κ2) is 11.4. The van der Waals surface area contributed by atoms with Gasteiger partial charge in [0.05, 0.1) is 22.3 Å². The fraction of sp³-hybridized carbons (Fsp3) is 0. The highest BCUT2D eigenvalue weighted by atomic mass is 32.2. The van der Waals surface area contributed by atoms with E-state index >= 15 is 0 Å². The van der Waals surface area contributed by atoms with Crippen LogP contribution in [-0.4, -0.2) is 44.3 Å². The predicted octanol–water partition coefficient (Wildman–Crippen LogP) is 6.22. The maximum absolute atomic E-state index is 11.4. The molecule has 0 fully saturated rings. The molecule has 10 nitrogen and oxygen atoms in total. The van der Waals surface area contributed by atoms with Gasteiger partial charge < -0.3 is 29.9 Å². The largest absolute Gasteiger partial charge is 0.478 e. The van der Waals surface area contributed by atoms with E-state index in [1.807, 2.05) is 0 Å². The van der Waals surface area contributed by atoms with Crippen molar-refractivity contribution in [2.24, 2.45) is 0 Å². The molecule has 0 radical (unpaired) electrons. The second-order valence-electron chi connectivity index (χ2n) is 7.88. The molecule has 0 spiro atoms. The van der Waals surface area contributed by atoms with Crippen molar-refractivity contribution in [1.29, 1.82) is 0 Å². The van der Waals surface area contributed by atoms with E-state index in [2.05, 4.69) is 0 Å². The van der Waals surface area contributed by atoms with Gasteiger partial charge in [-0.05, 0) is 84.9 Å². The topological polar surface area (TPSA) is 168 Å². The molecule has 0 saturated heterocycles. The minimum Gasteiger partial charge on any atom is -0.478 e. The third kappa shape index (κ3) is 6.53. The van der Waals surface area contributed by atoms with Crippen molar-refractivity contribution in [2.45, 2.75) is 9.79 Å². The smallest absolute Gasteiger partial charge is 0.336 e. The summed E-state index contributed by atoms with van der Waals surface area (Å²) in [5.74, 6) is -4.22. The summed E-state index contributed by atoms with van der Waals surface area (Å²) in [5, 5.41) is 36.8. The van der Waals surface area contributed by atoms with Gasteiger partial charge in [-0.15, -0.1) is 0 Å². The summed E-state index contributed by atoms with van der Waals surface area (Å²) in [6.45, 7) is 0. The summed E-state index contributed by atoms with van der Waals surface area (Å²) in [4.78, 5) is 46.9. The number of hydrogen-bond donors (Lipinski definition) is 4. The lowest BCUT2D eigenvalue weighted by Gasteiger charge is -2.10. The lowest BCUT2D eigenvalue weighted by molar-refractivity contribution is 0.0651. The first-order valence-electron chi connectivity index (χ1n) is 11.1. The van der Waals surface area contributed by atoms with Crippen molar-refractivity contribution in [2.75, 3.05) is 0 Å². The van der Waals surface area contributed by atoms with Gasteiger partial charge in [0.2, 0.25) is 0 Å². The first-order valence-corrected chi connectivity index (χ1v) is 11.9. The van der Waals surface area contributed by atoms with E-state index in [0.29, 0.717) is 11.5 Å². The van der Waals surface area contributed by atoms with Crippen LogP contribution in [0.3, 0.4) is 0 Å². The lowest BCUT2D eigenvalue weighted by atomic mass is 10.1. The Labute approximate surface area is 224 Å². The molecule has 4 aromatic rings. The molecule has 0 aliphatic carbocycles.